The lowest BCUT2D eigenvalue weighted by molar-refractivity contribution is -0.123. The molecule has 0 aliphatic carbocycles. The Balaban J connectivity index is 2.10. The van der Waals surface area contributed by atoms with Gasteiger partial charge in [-0.3, -0.25) is 4.79 Å². The number of carbonyl (C=O) groups is 1. The molecule has 1 heterocycles. The number of fused-ring (bicyclic) bond motifs is 3. The third-order valence-electron chi connectivity index (χ3n) is 3.49. The second kappa shape index (κ2) is 4.75. The first kappa shape index (κ1) is 13.4. The molecule has 0 radical (unpaired) electrons. The van der Waals surface area contributed by atoms with Crippen LogP contribution in [0.3, 0.4) is 0 Å². The van der Waals surface area contributed by atoms with E-state index in [9.17, 15) is 9.90 Å². The van der Waals surface area contributed by atoms with Crippen LogP contribution in [-0.4, -0.2) is 11.0 Å². The molecule has 0 aliphatic rings. The summed E-state index contributed by atoms with van der Waals surface area (Å²) >= 11 is 0. The number of hydrogen-bond acceptors (Lipinski definition) is 3. The molecule has 1 unspecified atom stereocenters. The van der Waals surface area contributed by atoms with Crippen molar-refractivity contribution in [3.8, 4) is 0 Å². The molecular formula is C17H15NO3. The second-order valence-electron chi connectivity index (χ2n) is 5.07. The Hall–Kier alpha value is -2.59. The van der Waals surface area contributed by atoms with Crippen molar-refractivity contribution >= 4 is 27.8 Å². The van der Waals surface area contributed by atoms with E-state index in [1.807, 2.05) is 30.3 Å². The van der Waals surface area contributed by atoms with Crippen LogP contribution in [0.1, 0.15) is 12.5 Å². The highest BCUT2D eigenvalue weighted by Crippen LogP contribution is 2.31. The highest BCUT2D eigenvalue weighted by Gasteiger charge is 2.25. The Bertz CT molecular complexity index is 845. The zero-order valence-corrected chi connectivity index (χ0v) is 11.6. The molecule has 2 N–H and O–H groups in total. The zero-order chi connectivity index (χ0) is 15.0. The quantitative estimate of drug-likeness (QED) is 0.573. The first-order valence-corrected chi connectivity index (χ1v) is 6.60. The van der Waals surface area contributed by atoms with Gasteiger partial charge in [0.05, 0.1) is 0 Å². The fourth-order valence-corrected chi connectivity index (χ4v) is 2.39. The van der Waals surface area contributed by atoms with Crippen molar-refractivity contribution in [1.82, 2.24) is 5.32 Å². The molecule has 0 saturated carbocycles. The summed E-state index contributed by atoms with van der Waals surface area (Å²) in [6.45, 7) is 4.89. The summed E-state index contributed by atoms with van der Waals surface area (Å²) in [5.41, 5.74) is 0.517. The van der Waals surface area contributed by atoms with Gasteiger partial charge < -0.3 is 14.8 Å². The number of nitrogens with one attached hydrogen (secondary N) is 1. The minimum absolute atomic E-state index is 0.440. The van der Waals surface area contributed by atoms with Crippen LogP contribution in [0, 0.1) is 0 Å². The van der Waals surface area contributed by atoms with Gasteiger partial charge >= 0.3 is 0 Å². The van der Waals surface area contributed by atoms with E-state index in [2.05, 4.69) is 11.9 Å². The number of benzene rings is 2. The maximum atomic E-state index is 11.4. The molecule has 3 aromatic rings. The third-order valence-corrected chi connectivity index (χ3v) is 3.49. The van der Waals surface area contributed by atoms with Crippen LogP contribution in [-0.2, 0) is 10.5 Å². The highest BCUT2D eigenvalue weighted by molar-refractivity contribution is 6.04. The summed E-state index contributed by atoms with van der Waals surface area (Å²) in [5.74, 6) is -0.440. The first-order chi connectivity index (χ1) is 10.0. The van der Waals surface area contributed by atoms with Crippen LogP contribution in [0.25, 0.3) is 21.9 Å². The van der Waals surface area contributed by atoms with Crippen molar-refractivity contribution in [2.75, 3.05) is 0 Å². The number of furan rings is 1. The summed E-state index contributed by atoms with van der Waals surface area (Å²) in [6, 6.07) is 13.1. The molecule has 3 rings (SSSR count). The summed E-state index contributed by atoms with van der Waals surface area (Å²) < 4.78 is 5.78. The predicted molar refractivity (Wildman–Crippen MR) is 81.6 cm³/mol. The van der Waals surface area contributed by atoms with Crippen molar-refractivity contribution in [1.29, 1.82) is 0 Å². The van der Waals surface area contributed by atoms with Gasteiger partial charge in [0.25, 0.3) is 0 Å². The van der Waals surface area contributed by atoms with Gasteiger partial charge in [0, 0.05) is 16.3 Å². The average molecular weight is 281 g/mol. The van der Waals surface area contributed by atoms with E-state index >= 15 is 0 Å². The molecule has 1 amide bonds. The SMILES string of the molecule is C=CC(=O)NC(C)(O)c1ccc2c(c1)oc1ccccc12. The third kappa shape index (κ3) is 2.30. The Morgan fingerprint density at radius 2 is 1.95 bits per heavy atom. The Morgan fingerprint density at radius 3 is 2.71 bits per heavy atom. The Kier molecular flexibility index (Phi) is 3.03. The number of rotatable bonds is 3. The molecule has 0 fully saturated rings. The predicted octanol–water partition coefficient (Wildman–Crippen LogP) is 3.05. The Morgan fingerprint density at radius 1 is 1.24 bits per heavy atom. The molecular weight excluding hydrogens is 266 g/mol. The smallest absolute Gasteiger partial charge is 0.245 e. The van der Waals surface area contributed by atoms with Gasteiger partial charge in [0.1, 0.15) is 11.2 Å². The van der Waals surface area contributed by atoms with E-state index < -0.39 is 11.6 Å². The number of para-hydroxylation sites is 1. The number of aliphatic hydroxyl groups is 1. The van der Waals surface area contributed by atoms with Crippen molar-refractivity contribution in [2.45, 2.75) is 12.6 Å². The number of amides is 1. The van der Waals surface area contributed by atoms with Gasteiger partial charge in [0.2, 0.25) is 5.91 Å². The lowest BCUT2D eigenvalue weighted by atomic mass is 10.0. The molecule has 0 spiro atoms. The molecule has 0 saturated heterocycles. The van der Waals surface area contributed by atoms with Crippen molar-refractivity contribution < 1.29 is 14.3 Å². The Labute approximate surface area is 121 Å². The molecule has 4 nitrogen and oxygen atoms in total. The minimum atomic E-state index is -1.49. The van der Waals surface area contributed by atoms with Gasteiger partial charge in [-0.15, -0.1) is 0 Å². The van der Waals surface area contributed by atoms with E-state index in [-0.39, 0.29) is 0 Å². The van der Waals surface area contributed by atoms with Crippen LogP contribution in [0.5, 0.6) is 0 Å². The summed E-state index contributed by atoms with van der Waals surface area (Å²) in [6.07, 6.45) is 1.12. The van der Waals surface area contributed by atoms with Crippen LogP contribution >= 0.6 is 0 Å². The average Bonchev–Trinajstić information content (AvgIpc) is 2.84. The van der Waals surface area contributed by atoms with Crippen molar-refractivity contribution in [3.05, 3.63) is 60.7 Å². The first-order valence-electron chi connectivity index (χ1n) is 6.60. The molecule has 21 heavy (non-hydrogen) atoms. The van der Waals surface area contributed by atoms with Crippen LogP contribution in [0.2, 0.25) is 0 Å². The second-order valence-corrected chi connectivity index (χ2v) is 5.07. The lowest BCUT2D eigenvalue weighted by Crippen LogP contribution is -2.42. The number of carbonyl (C=O) groups excluding carboxylic acids is 1. The van der Waals surface area contributed by atoms with Crippen LogP contribution in [0.4, 0.5) is 0 Å². The standard InChI is InChI=1S/C17H15NO3/c1-3-16(19)18-17(2,20)11-8-9-13-12-6-4-5-7-14(12)21-15(13)10-11/h3-10,20H,1H2,2H3,(H,18,19). The fourth-order valence-electron chi connectivity index (χ4n) is 2.39. The number of hydrogen-bond donors (Lipinski definition) is 2. The largest absolute Gasteiger partial charge is 0.456 e. The fraction of sp³-hybridized carbons (Fsp3) is 0.118. The van der Waals surface area contributed by atoms with Crippen molar-refractivity contribution in [3.63, 3.8) is 0 Å². The highest BCUT2D eigenvalue weighted by atomic mass is 16.3. The maximum absolute atomic E-state index is 11.4. The van der Waals surface area contributed by atoms with E-state index in [0.717, 1.165) is 22.4 Å². The summed E-state index contributed by atoms with van der Waals surface area (Å²) in [5, 5.41) is 14.9. The van der Waals surface area contributed by atoms with Gasteiger partial charge in [-0.25, -0.2) is 0 Å². The van der Waals surface area contributed by atoms with Gasteiger partial charge in [-0.2, -0.15) is 0 Å². The lowest BCUT2D eigenvalue weighted by Gasteiger charge is -2.24. The van der Waals surface area contributed by atoms with E-state index in [1.54, 1.807) is 12.1 Å². The van der Waals surface area contributed by atoms with Gasteiger partial charge in [0.15, 0.2) is 5.72 Å². The summed E-state index contributed by atoms with van der Waals surface area (Å²) in [4.78, 5) is 11.4. The minimum Gasteiger partial charge on any atom is -0.456 e. The molecule has 1 atom stereocenters. The monoisotopic (exact) mass is 281 g/mol. The molecule has 0 bridgehead atoms. The van der Waals surface area contributed by atoms with Gasteiger partial charge in [-0.05, 0) is 25.1 Å². The molecule has 2 aromatic carbocycles. The van der Waals surface area contributed by atoms with E-state index in [4.69, 9.17) is 4.42 Å². The van der Waals surface area contributed by atoms with E-state index in [1.165, 1.54) is 6.92 Å². The van der Waals surface area contributed by atoms with Crippen LogP contribution < -0.4 is 5.32 Å². The molecule has 4 heteroatoms. The molecule has 106 valence electrons. The zero-order valence-electron chi connectivity index (χ0n) is 11.6. The molecule has 1 aromatic heterocycles. The van der Waals surface area contributed by atoms with Gasteiger partial charge in [-0.1, -0.05) is 36.9 Å². The molecule has 0 aliphatic heterocycles. The normalized spacial score (nSPS) is 14.0. The maximum Gasteiger partial charge on any atom is 0.245 e. The topological polar surface area (TPSA) is 62.5 Å². The van der Waals surface area contributed by atoms with Crippen molar-refractivity contribution in [2.24, 2.45) is 0 Å². The van der Waals surface area contributed by atoms with E-state index in [0.29, 0.717) is 11.1 Å². The van der Waals surface area contributed by atoms with Crippen LogP contribution in [0.15, 0.2) is 59.5 Å². The summed E-state index contributed by atoms with van der Waals surface area (Å²) in [7, 11) is 0.